The summed E-state index contributed by atoms with van der Waals surface area (Å²) in [6, 6.07) is 9.24. The molecule has 0 unspecified atom stereocenters. The van der Waals surface area contributed by atoms with Crippen molar-refractivity contribution in [3.8, 4) is 0 Å². The van der Waals surface area contributed by atoms with Crippen LogP contribution < -0.4 is 4.90 Å². The first-order valence-electron chi connectivity index (χ1n) is 8.43. The van der Waals surface area contributed by atoms with Crippen LogP contribution in [0.5, 0.6) is 0 Å². The molecule has 2 aromatic carbocycles. The minimum absolute atomic E-state index is 0.0651. The van der Waals surface area contributed by atoms with E-state index in [4.69, 9.17) is 0 Å². The lowest BCUT2D eigenvalue weighted by atomic mass is 10.1. The van der Waals surface area contributed by atoms with Gasteiger partial charge in [-0.1, -0.05) is 0 Å². The molecule has 0 saturated heterocycles. The number of sulfone groups is 1. The zero-order valence-electron chi connectivity index (χ0n) is 15.7. The van der Waals surface area contributed by atoms with Gasteiger partial charge < -0.3 is 4.90 Å². The summed E-state index contributed by atoms with van der Waals surface area (Å²) in [5, 5.41) is 19.1. The lowest BCUT2D eigenvalue weighted by molar-refractivity contribution is -0.385. The van der Waals surface area contributed by atoms with Crippen LogP contribution in [0.4, 0.5) is 22.7 Å². The van der Waals surface area contributed by atoms with Crippen LogP contribution in [0.15, 0.2) is 51.5 Å². The molecule has 0 spiro atoms. The maximum Gasteiger partial charge on any atom is 0.270 e. The highest BCUT2D eigenvalue weighted by Gasteiger charge is 2.18. The van der Waals surface area contributed by atoms with Crippen molar-refractivity contribution in [1.29, 1.82) is 0 Å². The molecule has 0 bridgehead atoms. The first-order chi connectivity index (χ1) is 12.7. The van der Waals surface area contributed by atoms with Gasteiger partial charge in [-0.3, -0.25) is 10.1 Å². The van der Waals surface area contributed by atoms with Crippen molar-refractivity contribution in [1.82, 2.24) is 0 Å². The molecule has 2 aromatic rings. The van der Waals surface area contributed by atoms with E-state index in [0.717, 1.165) is 36.7 Å². The third-order valence-electron chi connectivity index (χ3n) is 4.13. The molecule has 0 heterocycles. The van der Waals surface area contributed by atoms with Crippen LogP contribution >= 0.6 is 0 Å². The Hall–Kier alpha value is -2.81. The number of aryl methyl sites for hydroxylation is 1. The molecule has 0 aromatic heterocycles. The van der Waals surface area contributed by atoms with E-state index in [1.54, 1.807) is 0 Å². The SMILES string of the molecule is CCN(CC)c1ccc(N=Nc2ccc([N+](=O)[O-])cc2S(C)(=O)=O)c(C)c1. The van der Waals surface area contributed by atoms with Gasteiger partial charge in [-0.2, -0.15) is 5.11 Å². The van der Waals surface area contributed by atoms with E-state index < -0.39 is 14.8 Å². The van der Waals surface area contributed by atoms with Crippen molar-refractivity contribution in [2.45, 2.75) is 25.7 Å². The fraction of sp³-hybridized carbons (Fsp3) is 0.333. The molecule has 144 valence electrons. The van der Waals surface area contributed by atoms with Crippen molar-refractivity contribution in [2.24, 2.45) is 10.2 Å². The number of nitrogens with zero attached hydrogens (tertiary/aromatic N) is 4. The minimum Gasteiger partial charge on any atom is -0.372 e. The highest BCUT2D eigenvalue weighted by molar-refractivity contribution is 7.90. The van der Waals surface area contributed by atoms with E-state index in [0.29, 0.717) is 5.69 Å². The third-order valence-corrected chi connectivity index (χ3v) is 5.25. The number of hydrogen-bond acceptors (Lipinski definition) is 7. The minimum atomic E-state index is -3.69. The van der Waals surface area contributed by atoms with E-state index in [2.05, 4.69) is 29.0 Å². The predicted octanol–water partition coefficient (Wildman–Crippen LogP) is 4.57. The smallest absolute Gasteiger partial charge is 0.270 e. The van der Waals surface area contributed by atoms with Gasteiger partial charge in [0.05, 0.1) is 10.6 Å². The van der Waals surface area contributed by atoms with Crippen molar-refractivity contribution >= 4 is 32.6 Å². The summed E-state index contributed by atoms with van der Waals surface area (Å²) in [5.74, 6) is 0. The highest BCUT2D eigenvalue weighted by atomic mass is 32.2. The molecule has 8 nitrogen and oxygen atoms in total. The first kappa shape index (κ1) is 20.5. The van der Waals surface area contributed by atoms with Gasteiger partial charge in [-0.25, -0.2) is 8.42 Å². The van der Waals surface area contributed by atoms with Gasteiger partial charge in [0.15, 0.2) is 9.84 Å². The molecule has 0 fully saturated rings. The van der Waals surface area contributed by atoms with Crippen LogP contribution in [0, 0.1) is 17.0 Å². The Labute approximate surface area is 158 Å². The summed E-state index contributed by atoms with van der Waals surface area (Å²) in [6.45, 7) is 7.82. The van der Waals surface area contributed by atoms with Crippen LogP contribution in [-0.2, 0) is 9.84 Å². The maximum atomic E-state index is 12.0. The van der Waals surface area contributed by atoms with Gasteiger partial charge in [0.2, 0.25) is 0 Å². The number of hydrogen-bond donors (Lipinski definition) is 0. The molecule has 9 heteroatoms. The molecule has 0 aliphatic rings. The number of rotatable bonds is 7. The van der Waals surface area contributed by atoms with Crippen molar-refractivity contribution in [3.05, 3.63) is 52.1 Å². The van der Waals surface area contributed by atoms with Crippen LogP contribution in [0.2, 0.25) is 0 Å². The molecule has 0 radical (unpaired) electrons. The fourth-order valence-corrected chi connectivity index (χ4v) is 3.46. The predicted molar refractivity (Wildman–Crippen MR) is 105 cm³/mol. The summed E-state index contributed by atoms with van der Waals surface area (Å²) in [6.07, 6.45) is 0.981. The molecular weight excluding hydrogens is 368 g/mol. The number of nitro groups is 1. The summed E-state index contributed by atoms with van der Waals surface area (Å²) in [7, 11) is -3.69. The molecule has 0 saturated carbocycles. The van der Waals surface area contributed by atoms with Crippen molar-refractivity contribution in [2.75, 3.05) is 24.2 Å². The zero-order chi connectivity index (χ0) is 20.2. The number of benzene rings is 2. The Bertz CT molecular complexity index is 983. The van der Waals surface area contributed by atoms with Crippen molar-refractivity contribution in [3.63, 3.8) is 0 Å². The lowest BCUT2D eigenvalue weighted by Crippen LogP contribution is -2.21. The largest absolute Gasteiger partial charge is 0.372 e. The van der Waals surface area contributed by atoms with E-state index in [-0.39, 0.29) is 16.3 Å². The van der Waals surface area contributed by atoms with Gasteiger partial charge in [-0.05, 0) is 50.6 Å². The number of nitro benzene ring substituents is 1. The number of non-ortho nitro benzene ring substituents is 1. The second-order valence-electron chi connectivity index (χ2n) is 6.02. The number of azo groups is 1. The van der Waals surface area contributed by atoms with E-state index >= 15 is 0 Å². The molecule has 0 aliphatic heterocycles. The van der Waals surface area contributed by atoms with Gasteiger partial charge in [0.1, 0.15) is 10.6 Å². The highest BCUT2D eigenvalue weighted by Crippen LogP contribution is 2.31. The van der Waals surface area contributed by atoms with E-state index in [1.165, 1.54) is 12.1 Å². The average Bonchev–Trinajstić information content (AvgIpc) is 2.61. The average molecular weight is 390 g/mol. The third kappa shape index (κ3) is 4.88. The van der Waals surface area contributed by atoms with Gasteiger partial charge >= 0.3 is 0 Å². The molecule has 0 N–H and O–H groups in total. The Kier molecular flexibility index (Phi) is 6.27. The lowest BCUT2D eigenvalue weighted by Gasteiger charge is -2.21. The van der Waals surface area contributed by atoms with Crippen LogP contribution in [0.25, 0.3) is 0 Å². The standard InChI is InChI=1S/C18H22N4O4S/c1-5-21(6-2)14-7-9-16(13(3)11-14)19-20-17-10-8-15(22(23)24)12-18(17)27(4,25)26/h7-12H,5-6H2,1-4H3. The molecule has 0 amide bonds. The summed E-state index contributed by atoms with van der Waals surface area (Å²) in [4.78, 5) is 12.2. The monoisotopic (exact) mass is 390 g/mol. The Morgan fingerprint density at radius 3 is 2.15 bits per heavy atom. The fourth-order valence-electron chi connectivity index (χ4n) is 2.64. The summed E-state index contributed by atoms with van der Waals surface area (Å²) in [5.41, 5.74) is 2.32. The summed E-state index contributed by atoms with van der Waals surface area (Å²) >= 11 is 0. The Morgan fingerprint density at radius 2 is 1.63 bits per heavy atom. The van der Waals surface area contributed by atoms with E-state index in [9.17, 15) is 18.5 Å². The first-order valence-corrected chi connectivity index (χ1v) is 10.3. The molecule has 0 atom stereocenters. The molecule has 0 aliphatic carbocycles. The van der Waals surface area contributed by atoms with Crippen LogP contribution in [-0.4, -0.2) is 32.7 Å². The van der Waals surface area contributed by atoms with E-state index in [1.807, 2.05) is 25.1 Å². The van der Waals surface area contributed by atoms with Crippen LogP contribution in [0.1, 0.15) is 19.4 Å². The quantitative estimate of drug-likeness (QED) is 0.391. The second-order valence-corrected chi connectivity index (χ2v) is 8.01. The topological polar surface area (TPSA) is 105 Å². The molecule has 27 heavy (non-hydrogen) atoms. The Morgan fingerprint density at radius 1 is 1.04 bits per heavy atom. The second kappa shape index (κ2) is 8.26. The van der Waals surface area contributed by atoms with Gasteiger partial charge in [0, 0.05) is 37.2 Å². The zero-order valence-corrected chi connectivity index (χ0v) is 16.5. The van der Waals surface area contributed by atoms with Crippen molar-refractivity contribution < 1.29 is 13.3 Å². The Balaban J connectivity index is 2.42. The molecule has 2 rings (SSSR count). The maximum absolute atomic E-state index is 12.0. The van der Waals surface area contributed by atoms with Gasteiger partial charge in [0.25, 0.3) is 5.69 Å². The molecular formula is C18H22N4O4S. The normalized spacial score (nSPS) is 11.7. The van der Waals surface area contributed by atoms with Gasteiger partial charge in [-0.15, -0.1) is 5.11 Å². The van der Waals surface area contributed by atoms with Crippen LogP contribution in [0.3, 0.4) is 0 Å². The summed E-state index contributed by atoms with van der Waals surface area (Å²) < 4.78 is 23.9. The number of anilines is 1.